The molecule has 0 radical (unpaired) electrons. The van der Waals surface area contributed by atoms with Gasteiger partial charge in [-0.2, -0.15) is 9.97 Å². The number of hydrogen-bond donors (Lipinski definition) is 0. The molecule has 0 atom stereocenters. The molecule has 0 N–H and O–H groups in total. The van der Waals surface area contributed by atoms with E-state index in [2.05, 4.69) is 137 Å². The summed E-state index contributed by atoms with van der Waals surface area (Å²) in [4.78, 5) is 26.3. The molecular formula is C55H35N7. The molecule has 12 rings (SSSR count). The van der Waals surface area contributed by atoms with Gasteiger partial charge < -0.3 is 4.57 Å². The maximum atomic E-state index is 5.43. The molecule has 0 aliphatic rings. The Morgan fingerprint density at radius 1 is 0.306 bits per heavy atom. The summed E-state index contributed by atoms with van der Waals surface area (Å²) in [6, 6.07) is 73.3. The lowest BCUT2D eigenvalue weighted by molar-refractivity contribution is 0.942. The second kappa shape index (κ2) is 14.6. The van der Waals surface area contributed by atoms with E-state index >= 15 is 0 Å². The van der Waals surface area contributed by atoms with Crippen LogP contribution in [0.25, 0.3) is 112 Å². The van der Waals surface area contributed by atoms with Crippen LogP contribution >= 0.6 is 0 Å². The normalized spacial score (nSPS) is 11.5. The van der Waals surface area contributed by atoms with E-state index in [1.165, 1.54) is 10.8 Å². The number of aromatic nitrogens is 7. The lowest BCUT2D eigenvalue weighted by Gasteiger charge is -2.12. The topological polar surface area (TPSA) is 74.3 Å². The van der Waals surface area contributed by atoms with Gasteiger partial charge in [-0.05, 0) is 47.5 Å². The number of hydrogen-bond acceptors (Lipinski definition) is 5. The van der Waals surface area contributed by atoms with Gasteiger partial charge >= 0.3 is 0 Å². The van der Waals surface area contributed by atoms with Crippen LogP contribution in [0.2, 0.25) is 0 Å². The zero-order chi connectivity index (χ0) is 41.0. The van der Waals surface area contributed by atoms with E-state index in [9.17, 15) is 0 Å². The summed E-state index contributed by atoms with van der Waals surface area (Å²) in [5.74, 6) is 2.22. The van der Waals surface area contributed by atoms with Crippen molar-refractivity contribution in [2.45, 2.75) is 0 Å². The zero-order valence-electron chi connectivity index (χ0n) is 33.3. The minimum atomic E-state index is 0.468. The van der Waals surface area contributed by atoms with Gasteiger partial charge in [-0.3, -0.25) is 4.57 Å². The molecule has 0 fully saturated rings. The standard InChI is InChI=1S/C55H35N7/c1-6-19-36(20-7-1)50-49-44-35-40(42-30-18-32-47-48(42)43-29-16-17-31-45(43)61(47)41-27-14-5-15-28-41)33-34-46(44)62(54(49)58-51(56-50)37-21-8-2-9-22-37)55-59-52(38-23-10-3-11-24-38)57-53(60-55)39-25-12-4-13-26-39/h1-35H. The third-order valence-corrected chi connectivity index (χ3v) is 11.6. The molecule has 4 aromatic heterocycles. The second-order valence-corrected chi connectivity index (χ2v) is 15.3. The van der Waals surface area contributed by atoms with Gasteiger partial charge in [0, 0.05) is 44.1 Å². The first kappa shape index (κ1) is 35.4. The summed E-state index contributed by atoms with van der Waals surface area (Å²) in [7, 11) is 0. The SMILES string of the molecule is c1ccc(-c2nc(-c3ccccc3)nc(-n3c4ccc(-c5cccc6c5c5ccccc5n6-c5ccccc5)cc4c4c(-c5ccccc5)nc(-c5ccccc5)nc43)n2)cc1. The van der Waals surface area contributed by atoms with E-state index in [0.29, 0.717) is 29.1 Å². The van der Waals surface area contributed by atoms with Crippen LogP contribution in [0.4, 0.5) is 0 Å². The molecule has 0 saturated heterocycles. The monoisotopic (exact) mass is 793 g/mol. The predicted molar refractivity (Wildman–Crippen MR) is 251 cm³/mol. The fourth-order valence-electron chi connectivity index (χ4n) is 8.81. The summed E-state index contributed by atoms with van der Waals surface area (Å²) in [5, 5.41) is 4.29. The van der Waals surface area contributed by atoms with Crippen molar-refractivity contribution < 1.29 is 0 Å². The number of para-hydroxylation sites is 2. The van der Waals surface area contributed by atoms with Gasteiger partial charge in [-0.25, -0.2) is 15.0 Å². The van der Waals surface area contributed by atoms with E-state index in [0.717, 1.165) is 72.1 Å². The van der Waals surface area contributed by atoms with Crippen LogP contribution < -0.4 is 0 Å². The maximum absolute atomic E-state index is 5.43. The second-order valence-electron chi connectivity index (χ2n) is 15.3. The van der Waals surface area contributed by atoms with Gasteiger partial charge in [0.2, 0.25) is 5.95 Å². The van der Waals surface area contributed by atoms with E-state index in [-0.39, 0.29) is 0 Å². The molecule has 4 heterocycles. The van der Waals surface area contributed by atoms with E-state index in [1.54, 1.807) is 0 Å². The molecule has 0 aliphatic heterocycles. The minimum Gasteiger partial charge on any atom is -0.309 e. The summed E-state index contributed by atoms with van der Waals surface area (Å²) in [6.07, 6.45) is 0. The van der Waals surface area contributed by atoms with E-state index < -0.39 is 0 Å². The molecule has 62 heavy (non-hydrogen) atoms. The molecule has 0 spiro atoms. The van der Waals surface area contributed by atoms with Crippen LogP contribution in [0.1, 0.15) is 0 Å². The zero-order valence-corrected chi connectivity index (χ0v) is 33.3. The minimum absolute atomic E-state index is 0.468. The fraction of sp³-hybridized carbons (Fsp3) is 0. The Morgan fingerprint density at radius 3 is 1.45 bits per heavy atom. The molecular weight excluding hydrogens is 759 g/mol. The van der Waals surface area contributed by atoms with Gasteiger partial charge in [0.25, 0.3) is 0 Å². The molecule has 7 heteroatoms. The Morgan fingerprint density at radius 2 is 0.823 bits per heavy atom. The maximum Gasteiger partial charge on any atom is 0.240 e. The van der Waals surface area contributed by atoms with Crippen molar-refractivity contribution in [2.75, 3.05) is 0 Å². The van der Waals surface area contributed by atoms with Crippen molar-refractivity contribution in [1.82, 2.24) is 34.1 Å². The Hall–Kier alpha value is -8.55. The molecule has 290 valence electrons. The molecule has 12 aromatic rings. The highest BCUT2D eigenvalue weighted by Gasteiger charge is 2.25. The molecule has 0 saturated carbocycles. The van der Waals surface area contributed by atoms with E-state index in [1.807, 2.05) is 84.9 Å². The third-order valence-electron chi connectivity index (χ3n) is 11.6. The smallest absolute Gasteiger partial charge is 0.240 e. The van der Waals surface area contributed by atoms with Crippen molar-refractivity contribution in [1.29, 1.82) is 0 Å². The van der Waals surface area contributed by atoms with Crippen LogP contribution in [0.3, 0.4) is 0 Å². The summed E-state index contributed by atoms with van der Waals surface area (Å²) >= 11 is 0. The summed E-state index contributed by atoms with van der Waals surface area (Å²) in [5.41, 5.74) is 11.8. The van der Waals surface area contributed by atoms with Crippen molar-refractivity contribution in [3.63, 3.8) is 0 Å². The Labute approximate surface area is 356 Å². The van der Waals surface area contributed by atoms with Crippen LogP contribution in [0.15, 0.2) is 212 Å². The predicted octanol–water partition coefficient (Wildman–Crippen LogP) is 13.2. The average Bonchev–Trinajstić information content (AvgIpc) is 3.88. The lowest BCUT2D eigenvalue weighted by atomic mass is 9.97. The Balaban J connectivity index is 1.19. The van der Waals surface area contributed by atoms with Crippen molar-refractivity contribution in [3.05, 3.63) is 212 Å². The Bertz CT molecular complexity index is 3550. The first-order valence-corrected chi connectivity index (χ1v) is 20.7. The molecule has 0 aliphatic carbocycles. The first-order chi connectivity index (χ1) is 30.8. The number of fused-ring (bicyclic) bond motifs is 6. The van der Waals surface area contributed by atoms with Gasteiger partial charge in [0.1, 0.15) is 0 Å². The fourth-order valence-corrected chi connectivity index (χ4v) is 8.81. The van der Waals surface area contributed by atoms with Gasteiger partial charge in [-0.15, -0.1) is 0 Å². The van der Waals surface area contributed by atoms with Crippen LogP contribution in [-0.4, -0.2) is 34.1 Å². The molecule has 8 aromatic carbocycles. The van der Waals surface area contributed by atoms with Gasteiger partial charge in [-0.1, -0.05) is 176 Å². The number of nitrogens with zero attached hydrogens (tertiary/aromatic N) is 7. The van der Waals surface area contributed by atoms with Crippen molar-refractivity contribution in [2.24, 2.45) is 0 Å². The molecule has 0 bridgehead atoms. The van der Waals surface area contributed by atoms with Gasteiger partial charge in [0.05, 0.1) is 27.6 Å². The molecule has 7 nitrogen and oxygen atoms in total. The summed E-state index contributed by atoms with van der Waals surface area (Å²) in [6.45, 7) is 0. The highest BCUT2D eigenvalue weighted by atomic mass is 15.2. The first-order valence-electron chi connectivity index (χ1n) is 20.7. The number of benzene rings is 8. The highest BCUT2D eigenvalue weighted by Crippen LogP contribution is 2.43. The average molecular weight is 794 g/mol. The van der Waals surface area contributed by atoms with E-state index in [4.69, 9.17) is 24.9 Å². The van der Waals surface area contributed by atoms with Crippen LogP contribution in [0.5, 0.6) is 0 Å². The van der Waals surface area contributed by atoms with Crippen molar-refractivity contribution in [3.8, 4) is 68.2 Å². The summed E-state index contributed by atoms with van der Waals surface area (Å²) < 4.78 is 4.46. The van der Waals surface area contributed by atoms with Gasteiger partial charge in [0.15, 0.2) is 23.1 Å². The highest BCUT2D eigenvalue weighted by molar-refractivity contribution is 6.18. The lowest BCUT2D eigenvalue weighted by Crippen LogP contribution is -2.07. The number of rotatable bonds is 7. The van der Waals surface area contributed by atoms with Crippen LogP contribution in [-0.2, 0) is 0 Å². The van der Waals surface area contributed by atoms with Crippen LogP contribution in [0, 0.1) is 0 Å². The largest absolute Gasteiger partial charge is 0.309 e. The quantitative estimate of drug-likeness (QED) is 0.161. The molecule has 0 amide bonds. The Kier molecular flexibility index (Phi) is 8.35. The van der Waals surface area contributed by atoms with Crippen molar-refractivity contribution >= 4 is 43.7 Å². The third kappa shape index (κ3) is 5.86. The molecule has 0 unspecified atom stereocenters.